The highest BCUT2D eigenvalue weighted by Gasteiger charge is 2.10. The van der Waals surface area contributed by atoms with Crippen molar-refractivity contribution in [3.05, 3.63) is 184 Å². The molecule has 5 aromatic carbocycles. The number of hydrogen-bond donors (Lipinski definition) is 0. The third kappa shape index (κ3) is 6.88. The number of allylic oxidation sites excluding steroid dienone is 6. The van der Waals surface area contributed by atoms with Crippen molar-refractivity contribution < 1.29 is 0 Å². The van der Waals surface area contributed by atoms with Crippen molar-refractivity contribution in [3.8, 4) is 44.6 Å². The van der Waals surface area contributed by atoms with Gasteiger partial charge < -0.3 is 0 Å². The first-order valence-electron chi connectivity index (χ1n) is 15.8. The predicted molar refractivity (Wildman–Crippen MR) is 204 cm³/mol. The molecular weight excluding hydrogens is 669 g/mol. The van der Waals surface area contributed by atoms with Crippen molar-refractivity contribution in [1.29, 1.82) is 0 Å². The van der Waals surface area contributed by atoms with E-state index in [1.165, 1.54) is 59.2 Å². The van der Waals surface area contributed by atoms with Gasteiger partial charge in [-0.2, -0.15) is 0 Å². The number of pyridine rings is 1. The molecule has 0 saturated heterocycles. The van der Waals surface area contributed by atoms with E-state index in [9.17, 15) is 0 Å². The minimum Gasteiger partial charge on any atom is -0.253 e. The van der Waals surface area contributed by atoms with E-state index < -0.39 is 0 Å². The van der Waals surface area contributed by atoms with E-state index in [2.05, 4.69) is 193 Å². The summed E-state index contributed by atoms with van der Waals surface area (Å²) in [5.74, 6) is 0. The van der Waals surface area contributed by atoms with Crippen LogP contribution in [0.5, 0.6) is 0 Å². The molecule has 0 aliphatic heterocycles. The molecule has 0 spiro atoms. The van der Waals surface area contributed by atoms with Crippen LogP contribution in [0.2, 0.25) is 0 Å². The number of aromatic nitrogens is 1. The second kappa shape index (κ2) is 13.7. The monoisotopic (exact) mass is 703 g/mol. The SMILES string of the molecule is Cc1cc(-c2ccccc2)cc(-c2ccc(-c3cccc(-c4ccc(C5=C/C(c6ccccc6)=C\CC/C(I)=C\5)cc4)c3)cc2)n1. The highest BCUT2D eigenvalue weighted by Crippen LogP contribution is 2.33. The lowest BCUT2D eigenvalue weighted by molar-refractivity contribution is 1.05. The van der Waals surface area contributed by atoms with E-state index in [-0.39, 0.29) is 0 Å². The maximum Gasteiger partial charge on any atom is 0.0711 e. The molecule has 1 nitrogen and oxygen atoms in total. The molecule has 1 aliphatic carbocycles. The Labute approximate surface area is 285 Å². The summed E-state index contributed by atoms with van der Waals surface area (Å²) in [6.07, 6.45) is 9.16. The second-order valence-electron chi connectivity index (χ2n) is 11.7. The molecule has 2 heteroatoms. The van der Waals surface area contributed by atoms with Gasteiger partial charge in [-0.05, 0) is 132 Å². The second-order valence-corrected chi connectivity index (χ2v) is 13.1. The normalized spacial score (nSPS) is 16.6. The zero-order chi connectivity index (χ0) is 31.3. The van der Waals surface area contributed by atoms with E-state index >= 15 is 0 Å². The third-order valence-electron chi connectivity index (χ3n) is 8.47. The lowest BCUT2D eigenvalue weighted by Gasteiger charge is -2.13. The summed E-state index contributed by atoms with van der Waals surface area (Å²) in [7, 11) is 0. The van der Waals surface area contributed by atoms with Crippen LogP contribution in [0.4, 0.5) is 0 Å². The van der Waals surface area contributed by atoms with Crippen LogP contribution in [0.25, 0.3) is 55.8 Å². The van der Waals surface area contributed by atoms with E-state index in [0.29, 0.717) is 0 Å². The molecule has 0 atom stereocenters. The molecule has 0 radical (unpaired) electrons. The fourth-order valence-electron chi connectivity index (χ4n) is 6.05. The number of nitrogens with zero attached hydrogens (tertiary/aromatic N) is 1. The third-order valence-corrected chi connectivity index (χ3v) is 9.32. The Hall–Kier alpha value is -4.80. The van der Waals surface area contributed by atoms with Gasteiger partial charge in [0.15, 0.2) is 0 Å². The van der Waals surface area contributed by atoms with Crippen LogP contribution in [0.3, 0.4) is 0 Å². The lowest BCUT2D eigenvalue weighted by atomic mass is 9.93. The van der Waals surface area contributed by atoms with Crippen LogP contribution in [0.15, 0.2) is 167 Å². The van der Waals surface area contributed by atoms with E-state index in [1.54, 1.807) is 0 Å². The summed E-state index contributed by atoms with van der Waals surface area (Å²) in [5.41, 5.74) is 15.4. The average Bonchev–Trinajstić information content (AvgIpc) is 3.10. The van der Waals surface area contributed by atoms with Crippen LogP contribution in [-0.2, 0) is 0 Å². The molecule has 7 rings (SSSR count). The van der Waals surface area contributed by atoms with Crippen LogP contribution < -0.4 is 0 Å². The first-order chi connectivity index (χ1) is 22.6. The van der Waals surface area contributed by atoms with Gasteiger partial charge in [0, 0.05) is 11.3 Å². The fourth-order valence-corrected chi connectivity index (χ4v) is 6.70. The topological polar surface area (TPSA) is 12.9 Å². The van der Waals surface area contributed by atoms with Crippen LogP contribution in [0, 0.1) is 6.92 Å². The number of halogens is 1. The molecule has 6 aromatic rings. The van der Waals surface area contributed by atoms with Gasteiger partial charge in [0.1, 0.15) is 0 Å². The van der Waals surface area contributed by atoms with E-state index in [0.717, 1.165) is 29.8 Å². The molecule has 0 saturated carbocycles. The first kappa shape index (κ1) is 29.9. The molecule has 0 N–H and O–H groups in total. The van der Waals surface area contributed by atoms with Crippen molar-refractivity contribution in [3.63, 3.8) is 0 Å². The van der Waals surface area contributed by atoms with Gasteiger partial charge in [-0.1, -0.05) is 133 Å². The Kier molecular flexibility index (Phi) is 8.89. The van der Waals surface area contributed by atoms with Gasteiger partial charge in [0.2, 0.25) is 0 Å². The molecule has 0 fully saturated rings. The van der Waals surface area contributed by atoms with Gasteiger partial charge in [-0.3, -0.25) is 4.98 Å². The largest absolute Gasteiger partial charge is 0.253 e. The Morgan fingerprint density at radius 3 is 1.63 bits per heavy atom. The van der Waals surface area contributed by atoms with Gasteiger partial charge >= 0.3 is 0 Å². The zero-order valence-electron chi connectivity index (χ0n) is 25.8. The summed E-state index contributed by atoms with van der Waals surface area (Å²) in [6.45, 7) is 2.06. The van der Waals surface area contributed by atoms with E-state index in [1.807, 2.05) is 0 Å². The van der Waals surface area contributed by atoms with Crippen molar-refractivity contribution in [1.82, 2.24) is 4.98 Å². The van der Waals surface area contributed by atoms with Crippen molar-refractivity contribution >= 4 is 33.7 Å². The molecule has 0 bridgehead atoms. The lowest BCUT2D eigenvalue weighted by Crippen LogP contribution is -1.90. The molecule has 222 valence electrons. The van der Waals surface area contributed by atoms with Crippen LogP contribution in [0.1, 0.15) is 29.7 Å². The smallest absolute Gasteiger partial charge is 0.0711 e. The number of aryl methyl sites for hydroxylation is 1. The van der Waals surface area contributed by atoms with Crippen LogP contribution >= 0.6 is 22.6 Å². The van der Waals surface area contributed by atoms with Gasteiger partial charge in [-0.15, -0.1) is 0 Å². The molecular formula is C44H34IN. The highest BCUT2D eigenvalue weighted by atomic mass is 127. The van der Waals surface area contributed by atoms with Crippen molar-refractivity contribution in [2.75, 3.05) is 0 Å². The Balaban J connectivity index is 1.14. The quantitative estimate of drug-likeness (QED) is 0.157. The summed E-state index contributed by atoms with van der Waals surface area (Å²) in [6, 6.07) is 52.1. The molecule has 1 aromatic heterocycles. The molecule has 1 heterocycles. The Morgan fingerprint density at radius 1 is 0.457 bits per heavy atom. The zero-order valence-corrected chi connectivity index (χ0v) is 28.0. The summed E-state index contributed by atoms with van der Waals surface area (Å²) in [4.78, 5) is 4.85. The first-order valence-corrected chi connectivity index (χ1v) is 16.9. The maximum atomic E-state index is 4.85. The fraction of sp³-hybridized carbons (Fsp3) is 0.0682. The van der Waals surface area contributed by atoms with Gasteiger partial charge in [0.05, 0.1) is 5.69 Å². The Bertz CT molecular complexity index is 2070. The minimum absolute atomic E-state index is 0.995. The summed E-state index contributed by atoms with van der Waals surface area (Å²) in [5, 5.41) is 0. The summed E-state index contributed by atoms with van der Waals surface area (Å²) >= 11 is 2.49. The number of benzene rings is 5. The minimum atomic E-state index is 0.995. The molecule has 0 unspecified atom stereocenters. The van der Waals surface area contributed by atoms with Crippen LogP contribution in [-0.4, -0.2) is 4.98 Å². The average molecular weight is 704 g/mol. The molecule has 46 heavy (non-hydrogen) atoms. The van der Waals surface area contributed by atoms with E-state index in [4.69, 9.17) is 4.98 Å². The van der Waals surface area contributed by atoms with Gasteiger partial charge in [-0.25, -0.2) is 0 Å². The highest BCUT2D eigenvalue weighted by molar-refractivity contribution is 14.1. The standard InChI is InChI=1S/C44H34IN/c1-31-26-41(33-12-6-3-7-13-33)30-44(46-31)37-24-22-35(23-25-37)39-15-8-14-38(27-39)34-18-20-36(21-19-34)42-28-40(16-9-17-43(45)29-42)32-10-4-2-5-11-32/h2-8,10-16,18-30H,9,17H2,1H3/b40-16+,42-28+,43-29+. The predicted octanol–water partition coefficient (Wildman–Crippen LogP) is 12.6. The maximum absolute atomic E-state index is 4.85. The number of hydrogen-bond acceptors (Lipinski definition) is 1. The number of rotatable bonds is 6. The van der Waals surface area contributed by atoms with Gasteiger partial charge in [0.25, 0.3) is 0 Å². The Morgan fingerprint density at radius 2 is 0.978 bits per heavy atom. The summed E-state index contributed by atoms with van der Waals surface area (Å²) < 4.78 is 1.38. The molecule has 1 aliphatic rings. The molecule has 0 amide bonds. The van der Waals surface area contributed by atoms with Crippen molar-refractivity contribution in [2.45, 2.75) is 19.8 Å². The van der Waals surface area contributed by atoms with Crippen molar-refractivity contribution in [2.24, 2.45) is 0 Å².